The highest BCUT2D eigenvalue weighted by atomic mass is 16.5. The fraction of sp³-hybridized carbons (Fsp3) is 0.300. The predicted molar refractivity (Wildman–Crippen MR) is 147 cm³/mol. The zero-order valence-electron chi connectivity index (χ0n) is 22.1. The Kier molecular flexibility index (Phi) is 5.44. The van der Waals surface area contributed by atoms with E-state index < -0.39 is 52.9 Å². The number of aliphatic hydroxyl groups is 3. The van der Waals surface area contributed by atoms with Crippen LogP contribution in [-0.2, 0) is 24.4 Å². The molecule has 40 heavy (non-hydrogen) atoms. The molecule has 1 aliphatic carbocycles. The second-order valence-electron chi connectivity index (χ2n) is 10.6. The minimum Gasteiger partial charge on any atom is -0.507 e. The normalized spacial score (nSPS) is 18.8. The van der Waals surface area contributed by atoms with Crippen molar-refractivity contribution in [1.82, 2.24) is 0 Å². The highest BCUT2D eigenvalue weighted by Crippen LogP contribution is 2.57. The summed E-state index contributed by atoms with van der Waals surface area (Å²) in [7, 11) is 2.54. The predicted octanol–water partition coefficient (Wildman–Crippen LogP) is 2.29. The molecule has 0 bridgehead atoms. The summed E-state index contributed by atoms with van der Waals surface area (Å²) in [5.41, 5.74) is -2.45. The molecule has 2 atom stereocenters. The van der Waals surface area contributed by atoms with E-state index in [2.05, 4.69) is 0 Å². The zero-order chi connectivity index (χ0) is 29.0. The van der Waals surface area contributed by atoms with Gasteiger partial charge in [-0.15, -0.1) is 0 Å². The van der Waals surface area contributed by atoms with Gasteiger partial charge in [-0.2, -0.15) is 0 Å². The maximum atomic E-state index is 13.8. The van der Waals surface area contributed by atoms with Gasteiger partial charge in [0.05, 0.1) is 49.7 Å². The van der Waals surface area contributed by atoms with Crippen LogP contribution in [-0.4, -0.2) is 51.1 Å². The van der Waals surface area contributed by atoms with Crippen LogP contribution in [0.25, 0.3) is 43.1 Å². The summed E-state index contributed by atoms with van der Waals surface area (Å²) in [6.45, 7) is 1.53. The van der Waals surface area contributed by atoms with E-state index >= 15 is 0 Å². The van der Waals surface area contributed by atoms with Crippen molar-refractivity contribution in [2.75, 3.05) is 14.2 Å². The largest absolute Gasteiger partial charge is 0.507 e. The molecule has 5 N–H and O–H groups in total. The lowest BCUT2D eigenvalue weighted by molar-refractivity contribution is -0.124. The maximum absolute atomic E-state index is 13.8. The number of benzene rings is 5. The van der Waals surface area contributed by atoms with Crippen LogP contribution in [0.5, 0.6) is 23.0 Å². The van der Waals surface area contributed by atoms with Crippen molar-refractivity contribution < 1.29 is 39.8 Å². The van der Waals surface area contributed by atoms with E-state index in [0.717, 1.165) is 6.07 Å². The molecule has 0 spiro atoms. The average Bonchev–Trinajstić information content (AvgIpc) is 2.99. The third-order valence-corrected chi connectivity index (χ3v) is 8.34. The number of aromatic hydroxyl groups is 2. The highest BCUT2D eigenvalue weighted by Gasteiger charge is 2.46. The summed E-state index contributed by atoms with van der Waals surface area (Å²) in [6.07, 6.45) is -0.246. The van der Waals surface area contributed by atoms with Gasteiger partial charge in [0.2, 0.25) is 5.43 Å². The van der Waals surface area contributed by atoms with Gasteiger partial charge in [0.1, 0.15) is 11.5 Å². The van der Waals surface area contributed by atoms with Crippen molar-refractivity contribution in [2.24, 2.45) is 0 Å². The van der Waals surface area contributed by atoms with Crippen LogP contribution in [0.1, 0.15) is 42.0 Å². The molecular formula is C30H26O10. The molecule has 5 aromatic rings. The molecule has 1 aliphatic rings. The van der Waals surface area contributed by atoms with Gasteiger partial charge in [-0.05, 0) is 58.7 Å². The molecule has 0 radical (unpaired) electrons. The van der Waals surface area contributed by atoms with Gasteiger partial charge >= 0.3 is 0 Å². The van der Waals surface area contributed by atoms with E-state index in [1.54, 1.807) is 0 Å². The second kappa shape index (κ2) is 8.37. The van der Waals surface area contributed by atoms with E-state index in [1.165, 1.54) is 34.1 Å². The monoisotopic (exact) mass is 546 g/mol. The SMILES string of the molecule is COc1c(O)c2c(=O)cc(CO)c3c4c(CO)cc(O)c5c(=O)c(OC)c6c(c(c1C(C(C)=O)C(C)(O)C6)c23)c54. The molecule has 10 heteroatoms. The van der Waals surface area contributed by atoms with Crippen molar-refractivity contribution in [2.45, 2.75) is 45.0 Å². The van der Waals surface area contributed by atoms with E-state index in [9.17, 15) is 39.9 Å². The molecule has 0 fully saturated rings. The number of ketones is 1. The molecule has 0 saturated carbocycles. The van der Waals surface area contributed by atoms with Crippen LogP contribution in [0, 0.1) is 0 Å². The number of aliphatic hydroxyl groups excluding tert-OH is 2. The number of Topliss-reactive ketones (excluding diaryl/α,β-unsaturated/α-hetero) is 1. The molecule has 0 amide bonds. The third kappa shape index (κ3) is 2.95. The number of rotatable bonds is 5. The Bertz CT molecular complexity index is 2040. The van der Waals surface area contributed by atoms with Crippen molar-refractivity contribution in [3.05, 3.63) is 54.8 Å². The Hall–Kier alpha value is -4.25. The number of hydrogen-bond donors (Lipinski definition) is 5. The Labute approximate surface area is 225 Å². The minimum absolute atomic E-state index is 0.0982. The first-order valence-corrected chi connectivity index (χ1v) is 12.6. The molecule has 2 unspecified atom stereocenters. The minimum atomic E-state index is -1.83. The molecule has 6 rings (SSSR count). The summed E-state index contributed by atoms with van der Waals surface area (Å²) in [4.78, 5) is 40.6. The fourth-order valence-corrected chi connectivity index (χ4v) is 7.04. The van der Waals surface area contributed by atoms with Crippen LogP contribution in [0.3, 0.4) is 0 Å². The Morgan fingerprint density at radius 1 is 0.875 bits per heavy atom. The Balaban J connectivity index is 2.20. The summed E-state index contributed by atoms with van der Waals surface area (Å²) < 4.78 is 11.1. The molecule has 0 saturated heterocycles. The fourth-order valence-electron chi connectivity index (χ4n) is 7.04. The zero-order valence-corrected chi connectivity index (χ0v) is 22.1. The summed E-state index contributed by atoms with van der Waals surface area (Å²) >= 11 is 0. The van der Waals surface area contributed by atoms with Gasteiger partial charge in [-0.3, -0.25) is 14.4 Å². The summed E-state index contributed by atoms with van der Waals surface area (Å²) in [6, 6.07) is 2.40. The molecule has 0 aliphatic heterocycles. The summed E-state index contributed by atoms with van der Waals surface area (Å²) in [5, 5.41) is 56.3. The van der Waals surface area contributed by atoms with Gasteiger partial charge in [0.25, 0.3) is 0 Å². The van der Waals surface area contributed by atoms with Crippen molar-refractivity contribution in [1.29, 1.82) is 0 Å². The van der Waals surface area contributed by atoms with Gasteiger partial charge < -0.3 is 35.0 Å². The Morgan fingerprint density at radius 3 is 2.00 bits per heavy atom. The van der Waals surface area contributed by atoms with E-state index in [-0.39, 0.29) is 77.9 Å². The number of phenolic OH excluding ortho intramolecular Hbond substituents is 2. The van der Waals surface area contributed by atoms with Gasteiger partial charge in [0.15, 0.2) is 22.7 Å². The van der Waals surface area contributed by atoms with Gasteiger partial charge in [0, 0.05) is 28.3 Å². The van der Waals surface area contributed by atoms with E-state index in [1.807, 2.05) is 0 Å². The standard InChI is InChI=1S/C30H26O10/c1-10(33)25-24-23-18-13(7-30(25,2)38)28(39-3)26(36)19-14(34)5-11(8-31)16(21(18)19)17-12(9-32)6-15(35)20(22(17)23)27(37)29(24)40-4/h5-6,25,31-32,34,37-38H,7-9H2,1-4H3. The van der Waals surface area contributed by atoms with Crippen molar-refractivity contribution >= 4 is 48.9 Å². The highest BCUT2D eigenvalue weighted by molar-refractivity contribution is 6.37. The van der Waals surface area contributed by atoms with Gasteiger partial charge in [-0.1, -0.05) is 0 Å². The number of carbonyl (C=O) groups is 1. The van der Waals surface area contributed by atoms with Crippen LogP contribution >= 0.6 is 0 Å². The molecular weight excluding hydrogens is 520 g/mol. The summed E-state index contributed by atoms with van der Waals surface area (Å²) in [5.74, 6) is -3.09. The van der Waals surface area contributed by atoms with E-state index in [4.69, 9.17) is 9.47 Å². The number of ether oxygens (including phenoxy) is 2. The molecule has 5 aromatic carbocycles. The average molecular weight is 547 g/mol. The lowest BCUT2D eigenvalue weighted by atomic mass is 9.76. The van der Waals surface area contributed by atoms with E-state index in [0.29, 0.717) is 5.39 Å². The molecule has 0 aromatic heterocycles. The maximum Gasteiger partial charge on any atom is 0.232 e. The molecule has 206 valence electrons. The smallest absolute Gasteiger partial charge is 0.232 e. The third-order valence-electron chi connectivity index (χ3n) is 8.34. The van der Waals surface area contributed by atoms with Crippen molar-refractivity contribution in [3.8, 4) is 23.0 Å². The molecule has 0 heterocycles. The quantitative estimate of drug-likeness (QED) is 0.163. The first-order chi connectivity index (χ1) is 18.9. The number of fused-ring (bicyclic) bond motifs is 1. The number of phenols is 2. The first-order valence-electron chi connectivity index (χ1n) is 12.6. The van der Waals surface area contributed by atoms with Crippen LogP contribution in [0.2, 0.25) is 0 Å². The topological polar surface area (TPSA) is 171 Å². The van der Waals surface area contributed by atoms with Crippen LogP contribution in [0.4, 0.5) is 0 Å². The number of hydrogen-bond acceptors (Lipinski definition) is 10. The lowest BCUT2D eigenvalue weighted by Gasteiger charge is -2.32. The number of carbonyl (C=O) groups excluding carboxylic acids is 1. The molecule has 10 nitrogen and oxygen atoms in total. The lowest BCUT2D eigenvalue weighted by Crippen LogP contribution is -2.39. The van der Waals surface area contributed by atoms with Crippen molar-refractivity contribution in [3.63, 3.8) is 0 Å². The Morgan fingerprint density at radius 2 is 1.45 bits per heavy atom. The first kappa shape index (κ1) is 26.0. The van der Waals surface area contributed by atoms with Crippen LogP contribution < -0.4 is 20.3 Å². The second-order valence-corrected chi connectivity index (χ2v) is 10.6. The number of methoxy groups -OCH3 is 2. The van der Waals surface area contributed by atoms with Gasteiger partial charge in [-0.25, -0.2) is 0 Å². The van der Waals surface area contributed by atoms with Crippen LogP contribution in [0.15, 0.2) is 21.7 Å².